The smallest absolute Gasteiger partial charge is 0.143 e. The number of carbonyl (C=O) groups is 1. The van der Waals surface area contributed by atoms with Crippen molar-refractivity contribution in [3.8, 4) is 5.75 Å². The van der Waals surface area contributed by atoms with E-state index < -0.39 is 11.6 Å². The van der Waals surface area contributed by atoms with E-state index in [0.717, 1.165) is 11.1 Å². The van der Waals surface area contributed by atoms with E-state index in [9.17, 15) is 9.90 Å². The maximum Gasteiger partial charge on any atom is 0.143 e. The van der Waals surface area contributed by atoms with Crippen molar-refractivity contribution >= 4 is 5.97 Å². The van der Waals surface area contributed by atoms with Crippen molar-refractivity contribution in [1.29, 1.82) is 0 Å². The van der Waals surface area contributed by atoms with Crippen LogP contribution in [0.3, 0.4) is 0 Å². The summed E-state index contributed by atoms with van der Waals surface area (Å²) >= 11 is 0. The zero-order valence-electron chi connectivity index (χ0n) is 11.0. The van der Waals surface area contributed by atoms with Gasteiger partial charge in [-0.1, -0.05) is 26.0 Å². The number of aliphatic carboxylic acids is 1. The summed E-state index contributed by atoms with van der Waals surface area (Å²) in [4.78, 5) is 11.0. The van der Waals surface area contributed by atoms with Crippen LogP contribution < -0.4 is 9.84 Å². The van der Waals surface area contributed by atoms with Crippen LogP contribution in [0.1, 0.15) is 44.7 Å². The Hall–Kier alpha value is -1.51. The monoisotopic (exact) mass is 235 g/mol. The van der Waals surface area contributed by atoms with Crippen LogP contribution in [0.4, 0.5) is 0 Å². The Morgan fingerprint density at radius 2 is 1.94 bits per heavy atom. The molecule has 1 rings (SSSR count). The molecular formula is C14H19O3-. The third-order valence-corrected chi connectivity index (χ3v) is 2.65. The molecule has 0 N–H and O–H groups in total. The van der Waals surface area contributed by atoms with Crippen LogP contribution in [0.15, 0.2) is 18.2 Å². The minimum Gasteiger partial charge on any atom is -0.546 e. The Bertz CT molecular complexity index is 419. The molecule has 0 radical (unpaired) electrons. The van der Waals surface area contributed by atoms with E-state index in [-0.39, 0.29) is 5.92 Å². The van der Waals surface area contributed by atoms with Crippen LogP contribution in [0.25, 0.3) is 0 Å². The zero-order chi connectivity index (χ0) is 13.2. The highest BCUT2D eigenvalue weighted by Gasteiger charge is 2.23. The fourth-order valence-electron chi connectivity index (χ4n) is 1.52. The predicted molar refractivity (Wildman–Crippen MR) is 65.0 cm³/mol. The lowest BCUT2D eigenvalue weighted by molar-refractivity contribution is -0.320. The van der Waals surface area contributed by atoms with Crippen molar-refractivity contribution in [2.24, 2.45) is 0 Å². The first kappa shape index (κ1) is 13.6. The zero-order valence-corrected chi connectivity index (χ0v) is 11.0. The normalized spacial score (nSPS) is 11.6. The molecule has 94 valence electrons. The quantitative estimate of drug-likeness (QED) is 0.802. The molecule has 0 aromatic heterocycles. The van der Waals surface area contributed by atoms with E-state index in [1.165, 1.54) is 13.8 Å². The molecule has 0 saturated carbocycles. The van der Waals surface area contributed by atoms with Gasteiger partial charge in [-0.3, -0.25) is 0 Å². The second-order valence-corrected chi connectivity index (χ2v) is 5.10. The number of carboxylic acids is 1. The summed E-state index contributed by atoms with van der Waals surface area (Å²) in [6.45, 7) is 9.03. The highest BCUT2D eigenvalue weighted by Crippen LogP contribution is 2.30. The molecule has 0 spiro atoms. The van der Waals surface area contributed by atoms with Gasteiger partial charge in [0.15, 0.2) is 0 Å². The second-order valence-electron chi connectivity index (χ2n) is 5.10. The van der Waals surface area contributed by atoms with Gasteiger partial charge in [0.05, 0.1) is 5.97 Å². The fourth-order valence-corrected chi connectivity index (χ4v) is 1.52. The predicted octanol–water partition coefficient (Wildman–Crippen LogP) is 2.03. The van der Waals surface area contributed by atoms with Crippen LogP contribution in [0.2, 0.25) is 0 Å². The number of ether oxygens (including phenoxy) is 1. The van der Waals surface area contributed by atoms with Gasteiger partial charge in [-0.25, -0.2) is 0 Å². The second kappa shape index (κ2) is 4.78. The molecule has 0 aliphatic rings. The van der Waals surface area contributed by atoms with Crippen molar-refractivity contribution in [3.05, 3.63) is 29.3 Å². The van der Waals surface area contributed by atoms with Crippen molar-refractivity contribution in [2.75, 3.05) is 0 Å². The molecule has 0 amide bonds. The fraction of sp³-hybridized carbons (Fsp3) is 0.500. The first-order chi connectivity index (χ1) is 7.74. The number of carboxylic acid groups (broad SMARTS) is 1. The summed E-state index contributed by atoms with van der Waals surface area (Å²) in [5, 5.41) is 11.0. The Labute approximate surface area is 102 Å². The van der Waals surface area contributed by atoms with Gasteiger partial charge in [-0.15, -0.1) is 0 Å². The minimum atomic E-state index is -1.32. The SMILES string of the molecule is Cc1ccc(C(C)C)c(OC(C)(C)C(=O)[O-])c1. The van der Waals surface area contributed by atoms with Gasteiger partial charge in [-0.2, -0.15) is 0 Å². The number of hydrogen-bond donors (Lipinski definition) is 0. The molecule has 0 aliphatic carbocycles. The maximum absolute atomic E-state index is 11.0. The summed E-state index contributed by atoms with van der Waals surface area (Å²) < 4.78 is 5.57. The molecule has 1 aromatic carbocycles. The molecule has 3 heteroatoms. The van der Waals surface area contributed by atoms with Gasteiger partial charge >= 0.3 is 0 Å². The number of rotatable bonds is 4. The van der Waals surface area contributed by atoms with E-state index in [4.69, 9.17) is 4.74 Å². The lowest BCUT2D eigenvalue weighted by atomic mass is 10.00. The molecule has 0 atom stereocenters. The Kier molecular flexibility index (Phi) is 3.81. The van der Waals surface area contributed by atoms with Gasteiger partial charge in [0.25, 0.3) is 0 Å². The van der Waals surface area contributed by atoms with Gasteiger partial charge in [0.1, 0.15) is 11.4 Å². The molecule has 1 aromatic rings. The number of hydrogen-bond acceptors (Lipinski definition) is 3. The van der Waals surface area contributed by atoms with Gasteiger partial charge in [0.2, 0.25) is 0 Å². The van der Waals surface area contributed by atoms with Crippen LogP contribution in [-0.4, -0.2) is 11.6 Å². The van der Waals surface area contributed by atoms with Gasteiger partial charge in [-0.05, 0) is 43.9 Å². The molecule has 0 aliphatic heterocycles. The molecule has 0 unspecified atom stereocenters. The van der Waals surface area contributed by atoms with E-state index in [1.807, 2.05) is 39.0 Å². The average Bonchev–Trinajstić information content (AvgIpc) is 2.15. The maximum atomic E-state index is 11.0. The summed E-state index contributed by atoms with van der Waals surface area (Å²) in [6, 6.07) is 5.83. The molecule has 17 heavy (non-hydrogen) atoms. The molecule has 3 nitrogen and oxygen atoms in total. The molecule has 0 heterocycles. The van der Waals surface area contributed by atoms with E-state index >= 15 is 0 Å². The van der Waals surface area contributed by atoms with Crippen LogP contribution >= 0.6 is 0 Å². The number of benzene rings is 1. The average molecular weight is 235 g/mol. The van der Waals surface area contributed by atoms with E-state index in [1.54, 1.807) is 0 Å². The summed E-state index contributed by atoms with van der Waals surface area (Å²) in [5.74, 6) is -0.314. The minimum absolute atomic E-state index is 0.281. The third-order valence-electron chi connectivity index (χ3n) is 2.65. The molecule has 0 bridgehead atoms. The largest absolute Gasteiger partial charge is 0.546 e. The van der Waals surface area contributed by atoms with Crippen molar-refractivity contribution in [1.82, 2.24) is 0 Å². The van der Waals surface area contributed by atoms with Crippen molar-refractivity contribution < 1.29 is 14.6 Å². The summed E-state index contributed by atoms with van der Waals surface area (Å²) in [7, 11) is 0. The van der Waals surface area contributed by atoms with Crippen LogP contribution in [0, 0.1) is 6.92 Å². The van der Waals surface area contributed by atoms with Crippen molar-refractivity contribution in [3.63, 3.8) is 0 Å². The molecular weight excluding hydrogens is 216 g/mol. The first-order valence-electron chi connectivity index (χ1n) is 5.75. The van der Waals surface area contributed by atoms with Gasteiger partial charge < -0.3 is 14.6 Å². The summed E-state index contributed by atoms with van der Waals surface area (Å²) in [5.41, 5.74) is 0.723. The van der Waals surface area contributed by atoms with Crippen LogP contribution in [-0.2, 0) is 4.79 Å². The van der Waals surface area contributed by atoms with Crippen LogP contribution in [0.5, 0.6) is 5.75 Å². The molecule has 0 fully saturated rings. The van der Waals surface area contributed by atoms with E-state index in [0.29, 0.717) is 5.75 Å². The highest BCUT2D eigenvalue weighted by molar-refractivity contribution is 5.74. The van der Waals surface area contributed by atoms with Gasteiger partial charge in [0, 0.05) is 0 Å². The lowest BCUT2D eigenvalue weighted by Crippen LogP contribution is -2.48. The topological polar surface area (TPSA) is 49.4 Å². The van der Waals surface area contributed by atoms with Crippen molar-refractivity contribution in [2.45, 2.75) is 46.1 Å². The number of carbonyl (C=O) groups excluding carboxylic acids is 1. The first-order valence-corrected chi connectivity index (χ1v) is 5.75. The Morgan fingerprint density at radius 1 is 1.35 bits per heavy atom. The molecule has 0 saturated heterocycles. The third kappa shape index (κ3) is 3.22. The Balaban J connectivity index is 3.12. The standard InChI is InChI=1S/C14H20O3/c1-9(2)11-7-6-10(3)8-12(11)17-14(4,5)13(15)16/h6-9H,1-5H3,(H,15,16)/p-1. The Morgan fingerprint density at radius 3 is 2.41 bits per heavy atom. The van der Waals surface area contributed by atoms with E-state index in [2.05, 4.69) is 0 Å². The summed E-state index contributed by atoms with van der Waals surface area (Å²) in [6.07, 6.45) is 0. The number of aryl methyl sites for hydroxylation is 1. The highest BCUT2D eigenvalue weighted by atomic mass is 16.5. The lowest BCUT2D eigenvalue weighted by Gasteiger charge is -2.29.